The number of carbonyl (C=O) groups is 2. The second-order valence-corrected chi connectivity index (χ2v) is 4.87. The molecule has 0 rings (SSSR count). The Labute approximate surface area is 96.6 Å². The van der Waals surface area contributed by atoms with E-state index in [9.17, 15) is 9.59 Å². The van der Waals surface area contributed by atoms with Crippen LogP contribution >= 0.6 is 0 Å². The van der Waals surface area contributed by atoms with Gasteiger partial charge in [0.2, 0.25) is 5.91 Å². The maximum Gasteiger partial charge on any atom is 0.326 e. The van der Waals surface area contributed by atoms with Crippen molar-refractivity contribution in [3.8, 4) is 0 Å². The first-order valence-electron chi connectivity index (χ1n) is 5.43. The highest BCUT2D eigenvalue weighted by Gasteiger charge is 2.29. The van der Waals surface area contributed by atoms with E-state index in [1.54, 1.807) is 20.9 Å². The first kappa shape index (κ1) is 14.9. The van der Waals surface area contributed by atoms with Gasteiger partial charge in [0.25, 0.3) is 0 Å². The summed E-state index contributed by atoms with van der Waals surface area (Å²) >= 11 is 0. The van der Waals surface area contributed by atoms with E-state index in [-0.39, 0.29) is 11.8 Å². The zero-order valence-electron chi connectivity index (χ0n) is 10.6. The Bertz CT molecular complexity index is 262. The normalized spacial score (nSPS) is 13.6. The molecule has 5 nitrogen and oxygen atoms in total. The lowest BCUT2D eigenvalue weighted by molar-refractivity contribution is -0.143. The average Bonchev–Trinajstić information content (AvgIpc) is 2.15. The molecule has 0 saturated carbocycles. The van der Waals surface area contributed by atoms with Gasteiger partial charge in [0.05, 0.1) is 5.54 Å². The van der Waals surface area contributed by atoms with Gasteiger partial charge in [0.15, 0.2) is 0 Å². The van der Waals surface area contributed by atoms with Crippen LogP contribution in [-0.2, 0) is 9.59 Å². The highest BCUT2D eigenvalue weighted by Crippen LogP contribution is 2.07. The van der Waals surface area contributed by atoms with E-state index in [1.807, 2.05) is 13.8 Å². The minimum absolute atomic E-state index is 0.221. The summed E-state index contributed by atoms with van der Waals surface area (Å²) in [6.07, 6.45) is 0.431. The van der Waals surface area contributed by atoms with Crippen LogP contribution in [0.3, 0.4) is 0 Å². The van der Waals surface area contributed by atoms with Crippen molar-refractivity contribution in [2.75, 3.05) is 7.05 Å². The number of rotatable bonds is 6. The first-order valence-corrected chi connectivity index (χ1v) is 5.43. The summed E-state index contributed by atoms with van der Waals surface area (Å²) in [5, 5.41) is 14.3. The molecule has 1 unspecified atom stereocenters. The van der Waals surface area contributed by atoms with Crippen molar-refractivity contribution in [3.05, 3.63) is 0 Å². The third-order valence-electron chi connectivity index (χ3n) is 2.50. The average molecular weight is 230 g/mol. The molecule has 0 bridgehead atoms. The van der Waals surface area contributed by atoms with Crippen molar-refractivity contribution in [1.29, 1.82) is 0 Å². The first-order chi connectivity index (χ1) is 7.20. The second-order valence-electron chi connectivity index (χ2n) is 4.87. The predicted molar refractivity (Wildman–Crippen MR) is 62.2 cm³/mol. The van der Waals surface area contributed by atoms with Crippen LogP contribution in [-0.4, -0.2) is 35.6 Å². The molecular weight excluding hydrogens is 208 g/mol. The van der Waals surface area contributed by atoms with Crippen LogP contribution in [0.4, 0.5) is 0 Å². The summed E-state index contributed by atoms with van der Waals surface area (Å²) in [6.45, 7) is 7.25. The van der Waals surface area contributed by atoms with E-state index in [0.717, 1.165) is 0 Å². The topological polar surface area (TPSA) is 78.4 Å². The minimum atomic E-state index is -0.992. The Morgan fingerprint density at radius 3 is 2.12 bits per heavy atom. The smallest absolute Gasteiger partial charge is 0.326 e. The van der Waals surface area contributed by atoms with Crippen LogP contribution in [0.15, 0.2) is 0 Å². The van der Waals surface area contributed by atoms with E-state index in [2.05, 4.69) is 10.6 Å². The molecule has 5 heteroatoms. The molecule has 0 heterocycles. The Hall–Kier alpha value is -1.10. The monoisotopic (exact) mass is 230 g/mol. The van der Waals surface area contributed by atoms with Gasteiger partial charge in [0, 0.05) is 0 Å². The van der Waals surface area contributed by atoms with Gasteiger partial charge in [-0.15, -0.1) is 0 Å². The van der Waals surface area contributed by atoms with Crippen molar-refractivity contribution in [1.82, 2.24) is 10.6 Å². The fraction of sp³-hybridized carbons (Fsp3) is 0.818. The number of hydrogen-bond donors (Lipinski definition) is 3. The number of nitrogens with one attached hydrogen (secondary N) is 2. The highest BCUT2D eigenvalue weighted by atomic mass is 16.4. The molecule has 0 aliphatic rings. The van der Waals surface area contributed by atoms with Crippen LogP contribution in [0.25, 0.3) is 0 Å². The fourth-order valence-electron chi connectivity index (χ4n) is 1.15. The molecule has 0 aromatic heterocycles. The molecule has 0 aliphatic heterocycles. The standard InChI is InChI=1S/C11H22N2O3/c1-7(2)6-8(9(14)15)13-10(16)11(3,4)12-5/h7-8,12H,6H2,1-5H3,(H,13,16)(H,14,15). The van der Waals surface area contributed by atoms with E-state index in [4.69, 9.17) is 5.11 Å². The van der Waals surface area contributed by atoms with Crippen LogP contribution in [0, 0.1) is 5.92 Å². The molecule has 0 spiro atoms. The molecule has 1 atom stereocenters. The Morgan fingerprint density at radius 2 is 1.81 bits per heavy atom. The molecule has 1 amide bonds. The van der Waals surface area contributed by atoms with E-state index in [1.165, 1.54) is 0 Å². The summed E-state index contributed by atoms with van der Waals surface area (Å²) in [6, 6.07) is -0.819. The number of likely N-dealkylation sites (N-methyl/N-ethyl adjacent to an activating group) is 1. The zero-order valence-corrected chi connectivity index (χ0v) is 10.6. The molecular formula is C11H22N2O3. The van der Waals surface area contributed by atoms with Crippen molar-refractivity contribution in [3.63, 3.8) is 0 Å². The molecule has 0 saturated heterocycles. The Kier molecular flexibility index (Phi) is 5.44. The molecule has 16 heavy (non-hydrogen) atoms. The number of aliphatic carboxylic acids is 1. The second kappa shape index (κ2) is 5.84. The van der Waals surface area contributed by atoms with Crippen LogP contribution in [0.2, 0.25) is 0 Å². The van der Waals surface area contributed by atoms with Gasteiger partial charge >= 0.3 is 5.97 Å². The van der Waals surface area contributed by atoms with Gasteiger partial charge < -0.3 is 15.7 Å². The molecule has 0 aliphatic carbocycles. The Morgan fingerprint density at radius 1 is 1.31 bits per heavy atom. The number of amides is 1. The Balaban J connectivity index is 4.52. The third-order valence-corrected chi connectivity index (χ3v) is 2.50. The maximum atomic E-state index is 11.8. The van der Waals surface area contributed by atoms with E-state index < -0.39 is 17.6 Å². The zero-order chi connectivity index (χ0) is 12.9. The molecule has 0 aromatic rings. The van der Waals surface area contributed by atoms with Crippen LogP contribution in [0.5, 0.6) is 0 Å². The summed E-state index contributed by atoms with van der Waals surface area (Å²) in [5.41, 5.74) is -0.759. The molecule has 0 aromatic carbocycles. The summed E-state index contributed by atoms with van der Waals surface area (Å²) in [5.74, 6) is -1.07. The van der Waals surface area contributed by atoms with E-state index >= 15 is 0 Å². The van der Waals surface area contributed by atoms with Gasteiger partial charge in [-0.1, -0.05) is 13.8 Å². The van der Waals surface area contributed by atoms with E-state index in [0.29, 0.717) is 6.42 Å². The molecule has 3 N–H and O–H groups in total. The fourth-order valence-corrected chi connectivity index (χ4v) is 1.15. The SMILES string of the molecule is CNC(C)(C)C(=O)NC(CC(C)C)C(=O)O. The number of carbonyl (C=O) groups excluding carboxylic acids is 1. The van der Waals surface area contributed by atoms with Gasteiger partial charge in [-0.05, 0) is 33.2 Å². The molecule has 0 fully saturated rings. The number of hydrogen-bond acceptors (Lipinski definition) is 3. The minimum Gasteiger partial charge on any atom is -0.480 e. The number of carboxylic acid groups (broad SMARTS) is 1. The largest absolute Gasteiger partial charge is 0.480 e. The van der Waals surface area contributed by atoms with Gasteiger partial charge in [0.1, 0.15) is 6.04 Å². The summed E-state index contributed by atoms with van der Waals surface area (Å²) in [4.78, 5) is 22.7. The lowest BCUT2D eigenvalue weighted by Crippen LogP contribution is -2.55. The van der Waals surface area contributed by atoms with Gasteiger partial charge in [-0.25, -0.2) is 4.79 Å². The van der Waals surface area contributed by atoms with Crippen LogP contribution in [0.1, 0.15) is 34.1 Å². The van der Waals surface area contributed by atoms with Gasteiger partial charge in [-0.3, -0.25) is 4.79 Å². The predicted octanol–water partition coefficient (Wildman–Crippen LogP) is 0.600. The lowest BCUT2D eigenvalue weighted by atomic mass is 10.0. The van der Waals surface area contributed by atoms with Gasteiger partial charge in [-0.2, -0.15) is 0 Å². The highest BCUT2D eigenvalue weighted by molar-refractivity contribution is 5.89. The summed E-state index contributed by atoms with van der Waals surface area (Å²) < 4.78 is 0. The van der Waals surface area contributed by atoms with Crippen molar-refractivity contribution < 1.29 is 14.7 Å². The molecule has 94 valence electrons. The third kappa shape index (κ3) is 4.61. The maximum absolute atomic E-state index is 11.8. The summed E-state index contributed by atoms with van der Waals surface area (Å²) in [7, 11) is 1.66. The van der Waals surface area contributed by atoms with Crippen molar-refractivity contribution in [2.24, 2.45) is 5.92 Å². The quantitative estimate of drug-likeness (QED) is 0.624. The van der Waals surface area contributed by atoms with Crippen molar-refractivity contribution >= 4 is 11.9 Å². The molecule has 0 radical (unpaired) electrons. The van der Waals surface area contributed by atoms with Crippen LogP contribution < -0.4 is 10.6 Å². The lowest BCUT2D eigenvalue weighted by Gasteiger charge is -2.26. The van der Waals surface area contributed by atoms with Crippen molar-refractivity contribution in [2.45, 2.75) is 45.7 Å². The number of carboxylic acids is 1.